The first-order chi connectivity index (χ1) is 10.7. The number of thioether (sulfide) groups is 1. The molecule has 1 aromatic carbocycles. The Morgan fingerprint density at radius 1 is 1.39 bits per heavy atom. The average Bonchev–Trinajstić information content (AvgIpc) is 2.88. The zero-order valence-corrected chi connectivity index (χ0v) is 16.6. The molecule has 1 saturated heterocycles. The standard InChI is InChI=1S/C18H25Cl2NOS/c1-12(11-18(2,3)4)10-15(22)21-8-9-23-17(21)13-6-5-7-14(19)16(13)20/h5-7,12,17H,8-11H2,1-4H3/t12-,17-/m0/s1. The molecule has 1 aromatic rings. The molecule has 0 spiro atoms. The quantitative estimate of drug-likeness (QED) is 0.641. The van der Waals surface area contributed by atoms with Gasteiger partial charge in [-0.2, -0.15) is 0 Å². The number of carbonyl (C=O) groups excluding carboxylic acids is 1. The van der Waals surface area contributed by atoms with Crippen molar-refractivity contribution in [2.24, 2.45) is 11.3 Å². The van der Waals surface area contributed by atoms with Crippen molar-refractivity contribution in [1.29, 1.82) is 0 Å². The molecule has 0 bridgehead atoms. The van der Waals surface area contributed by atoms with E-state index in [0.717, 1.165) is 24.3 Å². The highest BCUT2D eigenvalue weighted by Gasteiger charge is 2.33. The van der Waals surface area contributed by atoms with E-state index in [9.17, 15) is 4.79 Å². The Hall–Kier alpha value is -0.380. The molecule has 2 nitrogen and oxygen atoms in total. The Bertz CT molecular complexity index is 571. The summed E-state index contributed by atoms with van der Waals surface area (Å²) in [4.78, 5) is 14.7. The summed E-state index contributed by atoms with van der Waals surface area (Å²) < 4.78 is 0. The predicted molar refractivity (Wildman–Crippen MR) is 101 cm³/mol. The van der Waals surface area contributed by atoms with Crippen molar-refractivity contribution in [2.45, 2.75) is 45.9 Å². The molecular weight excluding hydrogens is 349 g/mol. The zero-order valence-electron chi connectivity index (χ0n) is 14.2. The summed E-state index contributed by atoms with van der Waals surface area (Å²) in [5.74, 6) is 1.53. The van der Waals surface area contributed by atoms with Crippen LogP contribution < -0.4 is 0 Å². The van der Waals surface area contributed by atoms with Crippen LogP contribution in [0.4, 0.5) is 0 Å². The van der Waals surface area contributed by atoms with Crippen molar-refractivity contribution in [2.75, 3.05) is 12.3 Å². The molecule has 0 aromatic heterocycles. The normalized spacial score (nSPS) is 19.9. The fraction of sp³-hybridized carbons (Fsp3) is 0.611. The maximum Gasteiger partial charge on any atom is 0.224 e. The Morgan fingerprint density at radius 2 is 2.09 bits per heavy atom. The summed E-state index contributed by atoms with van der Waals surface area (Å²) in [5, 5.41) is 1.09. The topological polar surface area (TPSA) is 20.3 Å². The first-order valence-corrected chi connectivity index (χ1v) is 9.84. The number of carbonyl (C=O) groups is 1. The largest absolute Gasteiger partial charge is 0.326 e. The van der Waals surface area contributed by atoms with Gasteiger partial charge in [-0.05, 0) is 23.8 Å². The highest BCUT2D eigenvalue weighted by atomic mass is 35.5. The molecule has 0 unspecified atom stereocenters. The first kappa shape index (κ1) is 19.0. The number of hydrogen-bond donors (Lipinski definition) is 0. The number of nitrogens with zero attached hydrogens (tertiary/aromatic N) is 1. The highest BCUT2D eigenvalue weighted by Crippen LogP contribution is 2.43. The van der Waals surface area contributed by atoms with Gasteiger partial charge in [0.2, 0.25) is 5.91 Å². The van der Waals surface area contributed by atoms with E-state index in [2.05, 4.69) is 27.7 Å². The second-order valence-electron chi connectivity index (χ2n) is 7.53. The molecule has 1 amide bonds. The second-order valence-corrected chi connectivity index (χ2v) is 9.50. The molecule has 23 heavy (non-hydrogen) atoms. The smallest absolute Gasteiger partial charge is 0.224 e. The van der Waals surface area contributed by atoms with Crippen LogP contribution >= 0.6 is 35.0 Å². The summed E-state index contributed by atoms with van der Waals surface area (Å²) in [6, 6.07) is 5.65. The van der Waals surface area contributed by atoms with E-state index in [1.54, 1.807) is 17.8 Å². The molecule has 0 aliphatic carbocycles. The van der Waals surface area contributed by atoms with Crippen LogP contribution in [0.15, 0.2) is 18.2 Å². The molecule has 1 heterocycles. The number of rotatable bonds is 4. The average molecular weight is 374 g/mol. The molecule has 2 atom stereocenters. The third-order valence-electron chi connectivity index (χ3n) is 3.94. The fourth-order valence-electron chi connectivity index (χ4n) is 3.23. The molecule has 1 aliphatic heterocycles. The van der Waals surface area contributed by atoms with Gasteiger partial charge in [0.1, 0.15) is 5.37 Å². The molecule has 128 valence electrons. The van der Waals surface area contributed by atoms with Gasteiger partial charge in [0.15, 0.2) is 0 Å². The summed E-state index contributed by atoms with van der Waals surface area (Å²) in [7, 11) is 0. The van der Waals surface area contributed by atoms with Crippen LogP contribution in [0, 0.1) is 11.3 Å². The SMILES string of the molecule is C[C@@H](CC(=O)N1CCS[C@H]1c1cccc(Cl)c1Cl)CC(C)(C)C. The Balaban J connectivity index is 2.09. The van der Waals surface area contributed by atoms with E-state index in [-0.39, 0.29) is 16.7 Å². The fourth-order valence-corrected chi connectivity index (χ4v) is 5.01. The van der Waals surface area contributed by atoms with E-state index in [1.807, 2.05) is 17.0 Å². The lowest BCUT2D eigenvalue weighted by molar-refractivity contribution is -0.132. The van der Waals surface area contributed by atoms with Gasteiger partial charge in [-0.25, -0.2) is 0 Å². The second kappa shape index (κ2) is 7.67. The molecule has 1 fully saturated rings. The van der Waals surface area contributed by atoms with Crippen LogP contribution in [0.3, 0.4) is 0 Å². The van der Waals surface area contributed by atoms with E-state index in [1.165, 1.54) is 0 Å². The maximum atomic E-state index is 12.8. The molecule has 0 radical (unpaired) electrons. The van der Waals surface area contributed by atoms with Gasteiger partial charge in [-0.3, -0.25) is 4.79 Å². The lowest BCUT2D eigenvalue weighted by atomic mass is 9.84. The van der Waals surface area contributed by atoms with E-state index >= 15 is 0 Å². The third-order valence-corrected chi connectivity index (χ3v) is 6.02. The monoisotopic (exact) mass is 373 g/mol. The molecule has 2 rings (SSSR count). The Morgan fingerprint density at radius 3 is 2.74 bits per heavy atom. The minimum Gasteiger partial charge on any atom is -0.326 e. The highest BCUT2D eigenvalue weighted by molar-refractivity contribution is 7.99. The summed E-state index contributed by atoms with van der Waals surface area (Å²) in [6.07, 6.45) is 1.63. The van der Waals surface area contributed by atoms with Crippen molar-refractivity contribution >= 4 is 40.9 Å². The summed E-state index contributed by atoms with van der Waals surface area (Å²) >= 11 is 14.2. The van der Waals surface area contributed by atoms with E-state index in [0.29, 0.717) is 22.4 Å². The van der Waals surface area contributed by atoms with Crippen LogP contribution in [0.1, 0.15) is 51.5 Å². The van der Waals surface area contributed by atoms with Crippen molar-refractivity contribution in [3.63, 3.8) is 0 Å². The Kier molecular flexibility index (Phi) is 6.32. The number of halogens is 2. The van der Waals surface area contributed by atoms with E-state index < -0.39 is 0 Å². The summed E-state index contributed by atoms with van der Waals surface area (Å²) in [6.45, 7) is 9.59. The maximum absolute atomic E-state index is 12.8. The van der Waals surface area contributed by atoms with Gasteiger partial charge in [0.25, 0.3) is 0 Å². The van der Waals surface area contributed by atoms with Gasteiger partial charge in [-0.15, -0.1) is 11.8 Å². The lowest BCUT2D eigenvalue weighted by Crippen LogP contribution is -2.32. The van der Waals surface area contributed by atoms with Crippen molar-refractivity contribution in [3.8, 4) is 0 Å². The van der Waals surface area contributed by atoms with Gasteiger partial charge < -0.3 is 4.90 Å². The van der Waals surface area contributed by atoms with Crippen molar-refractivity contribution in [3.05, 3.63) is 33.8 Å². The predicted octanol–water partition coefficient (Wildman–Crippen LogP) is 6.03. The molecule has 1 aliphatic rings. The first-order valence-electron chi connectivity index (χ1n) is 8.04. The van der Waals surface area contributed by atoms with Gasteiger partial charge in [0, 0.05) is 24.3 Å². The van der Waals surface area contributed by atoms with E-state index in [4.69, 9.17) is 23.2 Å². The van der Waals surface area contributed by atoms with Crippen molar-refractivity contribution < 1.29 is 4.79 Å². The molecular formula is C18H25Cl2NOS. The van der Waals surface area contributed by atoms with Gasteiger partial charge in [-0.1, -0.05) is 63.0 Å². The van der Waals surface area contributed by atoms with Crippen LogP contribution in [0.2, 0.25) is 10.0 Å². The van der Waals surface area contributed by atoms with Crippen LogP contribution in [-0.4, -0.2) is 23.1 Å². The Labute approximate surface area is 153 Å². The van der Waals surface area contributed by atoms with Crippen LogP contribution in [0.25, 0.3) is 0 Å². The van der Waals surface area contributed by atoms with Crippen LogP contribution in [-0.2, 0) is 4.79 Å². The zero-order chi connectivity index (χ0) is 17.2. The van der Waals surface area contributed by atoms with Crippen LogP contribution in [0.5, 0.6) is 0 Å². The number of hydrogen-bond acceptors (Lipinski definition) is 2. The van der Waals surface area contributed by atoms with Gasteiger partial charge >= 0.3 is 0 Å². The molecule has 0 N–H and O–H groups in total. The third kappa shape index (κ3) is 5.04. The minimum absolute atomic E-state index is 0.0180. The molecule has 0 saturated carbocycles. The summed E-state index contributed by atoms with van der Waals surface area (Å²) in [5.41, 5.74) is 1.19. The lowest BCUT2D eigenvalue weighted by Gasteiger charge is -2.28. The number of amides is 1. The van der Waals surface area contributed by atoms with Gasteiger partial charge in [0.05, 0.1) is 10.0 Å². The van der Waals surface area contributed by atoms with Crippen molar-refractivity contribution in [1.82, 2.24) is 4.90 Å². The number of benzene rings is 1. The minimum atomic E-state index is -0.0180. The molecule has 5 heteroatoms.